The van der Waals surface area contributed by atoms with Crippen LogP contribution in [0.4, 0.5) is 5.69 Å². The van der Waals surface area contributed by atoms with E-state index in [1.165, 1.54) is 0 Å². The molecular formula is C22H30N4O2Si. The van der Waals surface area contributed by atoms with Crippen LogP contribution in [0.2, 0.25) is 19.6 Å². The van der Waals surface area contributed by atoms with E-state index in [-0.39, 0.29) is 11.9 Å². The molecule has 4 N–H and O–H groups in total. The van der Waals surface area contributed by atoms with Crippen LogP contribution in [-0.4, -0.2) is 44.0 Å². The lowest BCUT2D eigenvalue weighted by atomic mass is 10.0. The molecule has 7 heteroatoms. The summed E-state index contributed by atoms with van der Waals surface area (Å²) < 4.78 is 0. The predicted molar refractivity (Wildman–Crippen MR) is 121 cm³/mol. The second-order valence-corrected chi connectivity index (χ2v) is 13.6. The van der Waals surface area contributed by atoms with E-state index >= 15 is 0 Å². The quantitative estimate of drug-likeness (QED) is 0.537. The number of aromatic amines is 1. The fraction of sp³-hybridized carbons (Fsp3) is 0.455. The van der Waals surface area contributed by atoms with Gasteiger partial charge >= 0.3 is 0 Å². The minimum absolute atomic E-state index is 0.0541. The monoisotopic (exact) mass is 410 g/mol. The van der Waals surface area contributed by atoms with Gasteiger partial charge in [0.25, 0.3) is 11.8 Å². The normalized spacial score (nSPS) is 17.0. The van der Waals surface area contributed by atoms with Gasteiger partial charge in [0.15, 0.2) is 0 Å². The molecule has 1 unspecified atom stereocenters. The summed E-state index contributed by atoms with van der Waals surface area (Å²) in [5, 5.41) is 4.11. The standard InChI is InChI=1S/C22H30N4O2Si/c1-14-15(2)24-21-17(22(23)28)8-9-18(20(14)21)26-11-6-7-16(13-26)25-19(27)10-12-29(3,4)5/h8-9,16,24H,6-7,11,13H2,1-5H3,(H2,23,28)(H,25,27). The van der Waals surface area contributed by atoms with E-state index in [0.29, 0.717) is 5.56 Å². The number of carbonyl (C=O) groups is 2. The van der Waals surface area contributed by atoms with E-state index in [4.69, 9.17) is 5.73 Å². The topological polar surface area (TPSA) is 91.2 Å². The number of fused-ring (bicyclic) bond motifs is 1. The van der Waals surface area contributed by atoms with Crippen molar-refractivity contribution in [3.8, 4) is 11.5 Å². The molecule has 0 spiro atoms. The highest BCUT2D eigenvalue weighted by molar-refractivity contribution is 6.84. The van der Waals surface area contributed by atoms with Gasteiger partial charge in [0, 0.05) is 35.9 Å². The van der Waals surface area contributed by atoms with Gasteiger partial charge in [-0.15, -0.1) is 5.54 Å². The van der Waals surface area contributed by atoms with Crippen molar-refractivity contribution in [1.29, 1.82) is 0 Å². The van der Waals surface area contributed by atoms with E-state index in [9.17, 15) is 9.59 Å². The minimum Gasteiger partial charge on any atom is -0.369 e. The first-order valence-corrected chi connectivity index (χ1v) is 13.6. The van der Waals surface area contributed by atoms with Gasteiger partial charge < -0.3 is 20.9 Å². The zero-order valence-corrected chi connectivity index (χ0v) is 18.9. The van der Waals surface area contributed by atoms with E-state index < -0.39 is 14.0 Å². The molecule has 1 aromatic carbocycles. The number of primary amides is 1. The SMILES string of the molecule is Cc1[nH]c2c(C(N)=O)ccc(N3CCCC(NC(=O)C#C[Si](C)(C)C)C3)c2c1C. The van der Waals surface area contributed by atoms with Crippen molar-refractivity contribution < 1.29 is 9.59 Å². The average molecular weight is 411 g/mol. The maximum absolute atomic E-state index is 12.3. The molecule has 154 valence electrons. The third kappa shape index (κ3) is 4.65. The van der Waals surface area contributed by atoms with E-state index in [2.05, 4.69) is 53.2 Å². The summed E-state index contributed by atoms with van der Waals surface area (Å²) in [4.78, 5) is 29.7. The Bertz CT molecular complexity index is 1020. The lowest BCUT2D eigenvalue weighted by molar-refractivity contribution is -0.116. The number of piperidine rings is 1. The number of benzene rings is 1. The number of nitrogens with two attached hydrogens (primary N) is 1. The van der Waals surface area contributed by atoms with Crippen molar-refractivity contribution in [1.82, 2.24) is 10.3 Å². The summed E-state index contributed by atoms with van der Waals surface area (Å²) in [5.74, 6) is 2.14. The Balaban J connectivity index is 1.87. The Morgan fingerprint density at radius 1 is 1.28 bits per heavy atom. The van der Waals surface area contributed by atoms with Crippen LogP contribution in [0.1, 0.15) is 34.5 Å². The largest absolute Gasteiger partial charge is 0.369 e. The average Bonchev–Trinajstić information content (AvgIpc) is 2.94. The van der Waals surface area contributed by atoms with Crippen molar-refractivity contribution in [2.24, 2.45) is 5.73 Å². The van der Waals surface area contributed by atoms with Gasteiger partial charge in [-0.2, -0.15) is 0 Å². The number of H-pyrrole nitrogens is 1. The van der Waals surface area contributed by atoms with Gasteiger partial charge in [-0.3, -0.25) is 9.59 Å². The zero-order chi connectivity index (χ0) is 21.3. The molecule has 1 aliphatic heterocycles. The smallest absolute Gasteiger partial charge is 0.295 e. The zero-order valence-electron chi connectivity index (χ0n) is 17.9. The molecule has 0 saturated carbocycles. The van der Waals surface area contributed by atoms with Crippen LogP contribution in [-0.2, 0) is 4.79 Å². The number of amides is 2. The molecule has 1 saturated heterocycles. The predicted octanol–water partition coefficient (Wildman–Crippen LogP) is 2.85. The van der Waals surface area contributed by atoms with Crippen molar-refractivity contribution in [3.05, 3.63) is 29.0 Å². The van der Waals surface area contributed by atoms with E-state index in [1.807, 2.05) is 13.0 Å². The highest BCUT2D eigenvalue weighted by atomic mass is 28.3. The summed E-state index contributed by atoms with van der Waals surface area (Å²) in [6.07, 6.45) is 1.92. The van der Waals surface area contributed by atoms with E-state index in [0.717, 1.165) is 53.8 Å². The molecular weight excluding hydrogens is 380 g/mol. The second kappa shape index (κ2) is 7.95. The Hall–Kier alpha value is -2.72. The molecule has 2 amide bonds. The number of hydrogen-bond donors (Lipinski definition) is 3. The third-order valence-corrected chi connectivity index (χ3v) is 6.22. The lowest BCUT2D eigenvalue weighted by Crippen LogP contribution is -2.47. The lowest BCUT2D eigenvalue weighted by Gasteiger charge is -2.35. The molecule has 3 rings (SSSR count). The number of anilines is 1. The second-order valence-electron chi connectivity index (χ2n) is 8.88. The Morgan fingerprint density at radius 2 is 2.00 bits per heavy atom. The van der Waals surface area contributed by atoms with Gasteiger partial charge in [0.2, 0.25) is 0 Å². The molecule has 0 radical (unpaired) electrons. The van der Waals surface area contributed by atoms with Crippen LogP contribution in [0.3, 0.4) is 0 Å². The molecule has 0 bridgehead atoms. The molecule has 29 heavy (non-hydrogen) atoms. The highest BCUT2D eigenvalue weighted by Crippen LogP contribution is 2.35. The number of carbonyl (C=O) groups excluding carboxylic acids is 2. The Kier molecular flexibility index (Phi) is 5.76. The van der Waals surface area contributed by atoms with Gasteiger partial charge in [-0.05, 0) is 50.3 Å². The van der Waals surface area contributed by atoms with Crippen molar-refractivity contribution in [2.45, 2.75) is 52.4 Å². The fourth-order valence-corrected chi connectivity index (χ4v) is 4.31. The number of aryl methyl sites for hydroxylation is 2. The van der Waals surface area contributed by atoms with Crippen LogP contribution in [0.15, 0.2) is 12.1 Å². The molecule has 6 nitrogen and oxygen atoms in total. The summed E-state index contributed by atoms with van der Waals surface area (Å²) in [5.41, 5.74) is 13.2. The number of aromatic nitrogens is 1. The van der Waals surface area contributed by atoms with Crippen molar-refractivity contribution in [2.75, 3.05) is 18.0 Å². The van der Waals surface area contributed by atoms with Crippen molar-refractivity contribution >= 4 is 36.5 Å². The highest BCUT2D eigenvalue weighted by Gasteiger charge is 2.25. The van der Waals surface area contributed by atoms with Gasteiger partial charge in [0.1, 0.15) is 8.07 Å². The number of hydrogen-bond acceptors (Lipinski definition) is 3. The van der Waals surface area contributed by atoms with Gasteiger partial charge in [-0.25, -0.2) is 0 Å². The van der Waals surface area contributed by atoms with Crippen LogP contribution in [0, 0.1) is 25.3 Å². The third-order valence-electron chi connectivity index (χ3n) is 5.35. The molecule has 0 aliphatic carbocycles. The molecule has 1 fully saturated rings. The Labute approximate surface area is 173 Å². The maximum atomic E-state index is 12.3. The first kappa shape index (κ1) is 21.0. The molecule has 2 heterocycles. The van der Waals surface area contributed by atoms with Crippen LogP contribution >= 0.6 is 0 Å². The summed E-state index contributed by atoms with van der Waals surface area (Å²) in [7, 11) is -1.57. The van der Waals surface area contributed by atoms with E-state index in [1.54, 1.807) is 6.07 Å². The molecule has 1 aliphatic rings. The van der Waals surface area contributed by atoms with Crippen LogP contribution in [0.5, 0.6) is 0 Å². The first-order chi connectivity index (χ1) is 13.6. The molecule has 2 aromatic rings. The molecule has 1 aromatic heterocycles. The molecule has 1 atom stereocenters. The number of nitrogens with zero attached hydrogens (tertiary/aromatic N) is 1. The van der Waals surface area contributed by atoms with Crippen molar-refractivity contribution in [3.63, 3.8) is 0 Å². The summed E-state index contributed by atoms with van der Waals surface area (Å²) in [6.45, 7) is 12.0. The Morgan fingerprint density at radius 3 is 2.66 bits per heavy atom. The summed E-state index contributed by atoms with van der Waals surface area (Å²) in [6, 6.07) is 3.81. The number of nitrogens with one attached hydrogen (secondary N) is 2. The maximum Gasteiger partial charge on any atom is 0.295 e. The summed E-state index contributed by atoms with van der Waals surface area (Å²) >= 11 is 0. The minimum atomic E-state index is -1.57. The van der Waals surface area contributed by atoms with Gasteiger partial charge in [-0.1, -0.05) is 19.6 Å². The fourth-order valence-electron chi connectivity index (χ4n) is 3.82. The number of rotatable bonds is 3. The van der Waals surface area contributed by atoms with Crippen LogP contribution in [0.25, 0.3) is 10.9 Å². The van der Waals surface area contributed by atoms with Gasteiger partial charge in [0.05, 0.1) is 11.1 Å². The van der Waals surface area contributed by atoms with Crippen LogP contribution < -0.4 is 16.0 Å². The first-order valence-electron chi connectivity index (χ1n) is 10.1.